The Labute approximate surface area is 76.1 Å². The molecular weight excluding hydrogens is 173 g/mol. The minimum absolute atomic E-state index is 0.0236. The molecule has 72 valence electrons. The number of halogens is 1. The predicted molar refractivity (Wildman–Crippen MR) is 46.7 cm³/mol. The molecule has 0 amide bonds. The third-order valence-electron chi connectivity index (χ3n) is 1.82. The fourth-order valence-corrected chi connectivity index (χ4v) is 1.04. The first-order valence-corrected chi connectivity index (χ1v) is 3.89. The minimum Gasteiger partial charge on any atom is -0.507 e. The molecule has 0 saturated heterocycles. The molecule has 0 radical (unpaired) electrons. The van der Waals surface area contributed by atoms with Gasteiger partial charge in [0.2, 0.25) is 0 Å². The first kappa shape index (κ1) is 9.95. The lowest BCUT2D eigenvalue weighted by Gasteiger charge is -2.08. The summed E-state index contributed by atoms with van der Waals surface area (Å²) in [5.41, 5.74) is 3.34. The van der Waals surface area contributed by atoms with Gasteiger partial charge in [0, 0.05) is 5.56 Å². The predicted octanol–water partition coefficient (Wildman–Crippen LogP) is 1.49. The van der Waals surface area contributed by atoms with Crippen molar-refractivity contribution in [2.75, 3.05) is 7.11 Å². The van der Waals surface area contributed by atoms with Crippen molar-refractivity contribution in [3.05, 3.63) is 29.1 Å². The molecule has 0 fully saturated rings. The van der Waals surface area contributed by atoms with Crippen molar-refractivity contribution in [3.8, 4) is 5.75 Å². The van der Waals surface area contributed by atoms with Crippen molar-refractivity contribution in [1.82, 2.24) is 5.48 Å². The van der Waals surface area contributed by atoms with Crippen molar-refractivity contribution in [2.45, 2.75) is 13.5 Å². The Morgan fingerprint density at radius 3 is 2.85 bits per heavy atom. The van der Waals surface area contributed by atoms with Crippen LogP contribution in [0.3, 0.4) is 0 Å². The zero-order valence-electron chi connectivity index (χ0n) is 7.60. The molecule has 1 aromatic carbocycles. The number of hydrogen-bond acceptors (Lipinski definition) is 3. The standard InChI is InChI=1S/C9H12FNO2/c1-6-3-4-8(10)7(9(6)12)5-11-13-2/h3-4,11-12H,5H2,1-2H3. The summed E-state index contributed by atoms with van der Waals surface area (Å²) in [7, 11) is 1.44. The maximum Gasteiger partial charge on any atom is 0.131 e. The lowest BCUT2D eigenvalue weighted by atomic mass is 10.1. The van der Waals surface area contributed by atoms with Gasteiger partial charge in [-0.15, -0.1) is 0 Å². The Kier molecular flexibility index (Phi) is 3.22. The topological polar surface area (TPSA) is 41.5 Å². The Balaban J connectivity index is 2.96. The van der Waals surface area contributed by atoms with Gasteiger partial charge in [0.1, 0.15) is 11.6 Å². The van der Waals surface area contributed by atoms with Crippen LogP contribution >= 0.6 is 0 Å². The molecule has 13 heavy (non-hydrogen) atoms. The van der Waals surface area contributed by atoms with E-state index >= 15 is 0 Å². The minimum atomic E-state index is -0.437. The lowest BCUT2D eigenvalue weighted by Crippen LogP contribution is -2.12. The summed E-state index contributed by atoms with van der Waals surface area (Å²) in [6, 6.07) is 2.85. The number of benzene rings is 1. The fourth-order valence-electron chi connectivity index (χ4n) is 1.04. The maximum absolute atomic E-state index is 13.1. The Hall–Kier alpha value is -1.13. The highest BCUT2D eigenvalue weighted by molar-refractivity contribution is 5.40. The number of phenols is 1. The van der Waals surface area contributed by atoms with Gasteiger partial charge in [0.05, 0.1) is 13.7 Å². The van der Waals surface area contributed by atoms with Crippen LogP contribution in [0, 0.1) is 12.7 Å². The second-order valence-electron chi connectivity index (χ2n) is 2.72. The van der Waals surface area contributed by atoms with Crippen molar-refractivity contribution < 1.29 is 14.3 Å². The van der Waals surface area contributed by atoms with Crippen LogP contribution < -0.4 is 5.48 Å². The molecule has 0 saturated carbocycles. The smallest absolute Gasteiger partial charge is 0.131 e. The Morgan fingerprint density at radius 2 is 2.23 bits per heavy atom. The summed E-state index contributed by atoms with van der Waals surface area (Å²) in [5.74, 6) is -0.461. The van der Waals surface area contributed by atoms with Gasteiger partial charge in [0.25, 0.3) is 0 Å². The van der Waals surface area contributed by atoms with Gasteiger partial charge in [-0.2, -0.15) is 5.48 Å². The Bertz CT molecular complexity index is 302. The number of rotatable bonds is 3. The van der Waals surface area contributed by atoms with Gasteiger partial charge in [0.15, 0.2) is 0 Å². The molecule has 0 aliphatic rings. The highest BCUT2D eigenvalue weighted by Crippen LogP contribution is 2.24. The monoisotopic (exact) mass is 185 g/mol. The molecule has 1 rings (SSSR count). The number of hydroxylamine groups is 1. The largest absolute Gasteiger partial charge is 0.507 e. The van der Waals surface area contributed by atoms with Crippen LogP contribution in [0.15, 0.2) is 12.1 Å². The highest BCUT2D eigenvalue weighted by atomic mass is 19.1. The van der Waals surface area contributed by atoms with E-state index in [1.165, 1.54) is 19.2 Å². The zero-order valence-corrected chi connectivity index (χ0v) is 7.60. The van der Waals surface area contributed by atoms with Crippen molar-refractivity contribution in [3.63, 3.8) is 0 Å². The first-order valence-electron chi connectivity index (χ1n) is 3.89. The van der Waals surface area contributed by atoms with E-state index in [4.69, 9.17) is 0 Å². The third-order valence-corrected chi connectivity index (χ3v) is 1.82. The summed E-state index contributed by atoms with van der Waals surface area (Å²) in [5, 5.41) is 9.47. The van der Waals surface area contributed by atoms with Crippen molar-refractivity contribution >= 4 is 0 Å². The van der Waals surface area contributed by atoms with E-state index in [-0.39, 0.29) is 17.9 Å². The van der Waals surface area contributed by atoms with E-state index in [0.29, 0.717) is 5.56 Å². The van der Waals surface area contributed by atoms with Gasteiger partial charge in [-0.05, 0) is 18.6 Å². The van der Waals surface area contributed by atoms with Gasteiger partial charge >= 0.3 is 0 Å². The van der Waals surface area contributed by atoms with Crippen LogP contribution in [0.25, 0.3) is 0 Å². The molecular formula is C9H12FNO2. The SMILES string of the molecule is CONCc1c(F)ccc(C)c1O. The molecule has 2 N–H and O–H groups in total. The van der Waals surface area contributed by atoms with E-state index in [1.54, 1.807) is 6.92 Å². The fraction of sp³-hybridized carbons (Fsp3) is 0.333. The summed E-state index contributed by atoms with van der Waals surface area (Å²) >= 11 is 0. The molecule has 0 aromatic heterocycles. The van der Waals surface area contributed by atoms with Crippen molar-refractivity contribution in [2.24, 2.45) is 0 Å². The number of hydrogen-bond donors (Lipinski definition) is 2. The zero-order chi connectivity index (χ0) is 9.84. The van der Waals surface area contributed by atoms with Crippen LogP contribution in [0.5, 0.6) is 5.75 Å². The van der Waals surface area contributed by atoms with Gasteiger partial charge in [-0.3, -0.25) is 0 Å². The van der Waals surface area contributed by atoms with E-state index < -0.39 is 5.82 Å². The second kappa shape index (κ2) is 4.20. The summed E-state index contributed by atoms with van der Waals surface area (Å²) in [6.07, 6.45) is 0. The van der Waals surface area contributed by atoms with Crippen molar-refractivity contribution in [1.29, 1.82) is 0 Å². The number of aryl methyl sites for hydroxylation is 1. The molecule has 0 aliphatic heterocycles. The van der Waals surface area contributed by atoms with Gasteiger partial charge in [-0.1, -0.05) is 6.07 Å². The molecule has 1 aromatic rings. The van der Waals surface area contributed by atoms with Crippen LogP contribution in [-0.2, 0) is 11.4 Å². The second-order valence-corrected chi connectivity index (χ2v) is 2.72. The molecule has 0 heterocycles. The van der Waals surface area contributed by atoms with E-state index in [0.717, 1.165) is 0 Å². The number of phenolic OH excluding ortho intramolecular Hbond substituents is 1. The van der Waals surface area contributed by atoms with E-state index in [9.17, 15) is 9.50 Å². The number of aromatic hydroxyl groups is 1. The third kappa shape index (κ3) is 2.17. The number of nitrogens with one attached hydrogen (secondary N) is 1. The quantitative estimate of drug-likeness (QED) is 0.701. The van der Waals surface area contributed by atoms with E-state index in [1.807, 2.05) is 0 Å². The van der Waals surface area contributed by atoms with Crippen LogP contribution in [0.4, 0.5) is 4.39 Å². The highest BCUT2D eigenvalue weighted by Gasteiger charge is 2.09. The molecule has 3 nitrogen and oxygen atoms in total. The van der Waals surface area contributed by atoms with Gasteiger partial charge in [-0.25, -0.2) is 4.39 Å². The van der Waals surface area contributed by atoms with Crippen LogP contribution in [-0.4, -0.2) is 12.2 Å². The maximum atomic E-state index is 13.1. The summed E-state index contributed by atoms with van der Waals surface area (Å²) < 4.78 is 13.1. The first-order chi connectivity index (χ1) is 6.16. The summed E-state index contributed by atoms with van der Waals surface area (Å²) in [4.78, 5) is 4.57. The molecule has 0 bridgehead atoms. The van der Waals surface area contributed by atoms with Crippen LogP contribution in [0.2, 0.25) is 0 Å². The molecule has 0 unspecified atom stereocenters. The molecule has 0 aliphatic carbocycles. The van der Waals surface area contributed by atoms with E-state index in [2.05, 4.69) is 10.3 Å². The Morgan fingerprint density at radius 1 is 1.54 bits per heavy atom. The van der Waals surface area contributed by atoms with Gasteiger partial charge < -0.3 is 9.94 Å². The molecule has 0 atom stereocenters. The van der Waals surface area contributed by atoms with Crippen LogP contribution in [0.1, 0.15) is 11.1 Å². The molecule has 0 spiro atoms. The summed E-state index contributed by atoms with van der Waals surface area (Å²) in [6.45, 7) is 1.86. The average molecular weight is 185 g/mol. The molecule has 4 heteroatoms. The normalized spacial score (nSPS) is 10.4. The average Bonchev–Trinajstić information content (AvgIpc) is 2.12. The lowest BCUT2D eigenvalue weighted by molar-refractivity contribution is 0.0853.